The van der Waals surface area contributed by atoms with Crippen molar-refractivity contribution >= 4 is 27.5 Å². The second-order valence-corrected chi connectivity index (χ2v) is 4.51. The van der Waals surface area contributed by atoms with Crippen LogP contribution in [0.15, 0.2) is 48.5 Å². The Morgan fingerprint density at radius 3 is 2.58 bits per heavy atom. The summed E-state index contributed by atoms with van der Waals surface area (Å²) in [6, 6.07) is 14.8. The van der Waals surface area contributed by atoms with Gasteiger partial charge in [-0.1, -0.05) is 46.3 Å². The first-order valence-corrected chi connectivity index (χ1v) is 6.96. The van der Waals surface area contributed by atoms with Gasteiger partial charge in [-0.05, 0) is 23.8 Å². The number of para-hydroxylation sites is 2. The number of alkyl halides is 1. The van der Waals surface area contributed by atoms with E-state index in [1.54, 1.807) is 13.2 Å². The minimum atomic E-state index is -0.139. The number of anilines is 1. The summed E-state index contributed by atoms with van der Waals surface area (Å²) in [5.41, 5.74) is 2.28. The normalized spacial score (nSPS) is 10.0. The summed E-state index contributed by atoms with van der Waals surface area (Å²) in [7, 11) is 1.58. The lowest BCUT2D eigenvalue weighted by Gasteiger charge is -2.11. The Balaban J connectivity index is 2.26. The van der Waals surface area contributed by atoms with Gasteiger partial charge in [-0.2, -0.15) is 0 Å². The summed E-state index contributed by atoms with van der Waals surface area (Å²) in [4.78, 5) is 12.3. The molecular formula is C15H14BrNO2. The number of benzene rings is 2. The Morgan fingerprint density at radius 2 is 1.84 bits per heavy atom. The highest BCUT2D eigenvalue weighted by Crippen LogP contribution is 2.24. The summed E-state index contributed by atoms with van der Waals surface area (Å²) in [6.45, 7) is 0. The maximum atomic E-state index is 12.3. The van der Waals surface area contributed by atoms with E-state index in [1.807, 2.05) is 42.5 Å². The van der Waals surface area contributed by atoms with Crippen LogP contribution < -0.4 is 10.1 Å². The van der Waals surface area contributed by atoms with Crippen LogP contribution in [0.25, 0.3) is 0 Å². The molecule has 2 aromatic carbocycles. The molecule has 2 aromatic rings. The molecule has 0 radical (unpaired) electrons. The number of carbonyl (C=O) groups is 1. The fraction of sp³-hybridized carbons (Fsp3) is 0.133. The molecule has 0 aliphatic heterocycles. The highest BCUT2D eigenvalue weighted by molar-refractivity contribution is 9.08. The van der Waals surface area contributed by atoms with E-state index in [-0.39, 0.29) is 5.91 Å². The van der Waals surface area contributed by atoms with Crippen LogP contribution in [0.5, 0.6) is 5.75 Å². The number of hydrogen-bond acceptors (Lipinski definition) is 2. The van der Waals surface area contributed by atoms with Crippen molar-refractivity contribution in [2.45, 2.75) is 5.33 Å². The molecule has 0 atom stereocenters. The fourth-order valence-electron chi connectivity index (χ4n) is 1.80. The van der Waals surface area contributed by atoms with E-state index < -0.39 is 0 Å². The molecule has 0 heterocycles. The van der Waals surface area contributed by atoms with Crippen LogP contribution in [0.4, 0.5) is 5.69 Å². The summed E-state index contributed by atoms with van der Waals surface area (Å²) in [6.07, 6.45) is 0. The van der Waals surface area contributed by atoms with Crippen LogP contribution in [0, 0.1) is 0 Å². The first-order chi connectivity index (χ1) is 9.26. The van der Waals surface area contributed by atoms with Crippen LogP contribution in [0.1, 0.15) is 15.9 Å². The summed E-state index contributed by atoms with van der Waals surface area (Å²) in [5, 5.41) is 3.51. The first-order valence-electron chi connectivity index (χ1n) is 5.84. The highest BCUT2D eigenvalue weighted by Gasteiger charge is 2.12. The second-order valence-electron chi connectivity index (χ2n) is 3.95. The van der Waals surface area contributed by atoms with Gasteiger partial charge in [-0.15, -0.1) is 0 Å². The van der Waals surface area contributed by atoms with Gasteiger partial charge in [0, 0.05) is 10.9 Å². The molecule has 98 valence electrons. The van der Waals surface area contributed by atoms with E-state index in [1.165, 1.54) is 0 Å². The van der Waals surface area contributed by atoms with Crippen molar-refractivity contribution in [3.05, 3.63) is 59.7 Å². The molecule has 1 N–H and O–H groups in total. The predicted molar refractivity (Wildman–Crippen MR) is 80.0 cm³/mol. The predicted octanol–water partition coefficient (Wildman–Crippen LogP) is 3.84. The van der Waals surface area contributed by atoms with E-state index in [0.29, 0.717) is 22.3 Å². The molecule has 0 aliphatic carbocycles. The Bertz CT molecular complexity index is 584. The molecule has 19 heavy (non-hydrogen) atoms. The van der Waals surface area contributed by atoms with E-state index in [9.17, 15) is 4.79 Å². The van der Waals surface area contributed by atoms with Crippen LogP contribution in [0.2, 0.25) is 0 Å². The zero-order chi connectivity index (χ0) is 13.7. The molecular weight excluding hydrogens is 306 g/mol. The number of methoxy groups -OCH3 is 1. The second kappa shape index (κ2) is 6.38. The van der Waals surface area contributed by atoms with Crippen molar-refractivity contribution < 1.29 is 9.53 Å². The van der Waals surface area contributed by atoms with Crippen molar-refractivity contribution in [1.29, 1.82) is 0 Å². The van der Waals surface area contributed by atoms with Gasteiger partial charge in [0.15, 0.2) is 0 Å². The average Bonchev–Trinajstić information content (AvgIpc) is 2.47. The molecule has 3 nitrogen and oxygen atoms in total. The van der Waals surface area contributed by atoms with Crippen LogP contribution >= 0.6 is 15.9 Å². The highest BCUT2D eigenvalue weighted by atomic mass is 79.9. The molecule has 0 spiro atoms. The number of amides is 1. The largest absolute Gasteiger partial charge is 0.495 e. The Morgan fingerprint density at radius 1 is 1.16 bits per heavy atom. The fourth-order valence-corrected chi connectivity index (χ4v) is 2.28. The molecule has 0 fully saturated rings. The average molecular weight is 320 g/mol. The SMILES string of the molecule is COc1ccccc1NC(=O)c1ccccc1CBr. The lowest BCUT2D eigenvalue weighted by molar-refractivity contribution is 0.102. The van der Waals surface area contributed by atoms with E-state index in [4.69, 9.17) is 4.74 Å². The van der Waals surface area contributed by atoms with Gasteiger partial charge in [-0.25, -0.2) is 0 Å². The van der Waals surface area contributed by atoms with E-state index in [0.717, 1.165) is 5.56 Å². The standard InChI is InChI=1S/C15H14BrNO2/c1-19-14-9-5-4-8-13(14)17-15(18)12-7-3-2-6-11(12)10-16/h2-9H,10H2,1H3,(H,17,18). The number of hydrogen-bond donors (Lipinski definition) is 1. The quantitative estimate of drug-likeness (QED) is 0.869. The van der Waals surface area contributed by atoms with Crippen molar-refractivity contribution in [2.75, 3.05) is 12.4 Å². The topological polar surface area (TPSA) is 38.3 Å². The van der Waals surface area contributed by atoms with Crippen LogP contribution in [-0.2, 0) is 5.33 Å². The van der Waals surface area contributed by atoms with Crippen LogP contribution in [-0.4, -0.2) is 13.0 Å². The number of rotatable bonds is 4. The first kappa shape index (κ1) is 13.6. The molecule has 0 aliphatic rings. The number of ether oxygens (including phenoxy) is 1. The molecule has 1 amide bonds. The smallest absolute Gasteiger partial charge is 0.256 e. The Labute approximate surface area is 120 Å². The molecule has 0 bridgehead atoms. The molecule has 0 aromatic heterocycles. The maximum absolute atomic E-state index is 12.3. The van der Waals surface area contributed by atoms with E-state index in [2.05, 4.69) is 21.2 Å². The van der Waals surface area contributed by atoms with Gasteiger partial charge < -0.3 is 10.1 Å². The van der Waals surface area contributed by atoms with Gasteiger partial charge in [-0.3, -0.25) is 4.79 Å². The van der Waals surface area contributed by atoms with E-state index >= 15 is 0 Å². The van der Waals surface area contributed by atoms with Crippen LogP contribution in [0.3, 0.4) is 0 Å². The summed E-state index contributed by atoms with van der Waals surface area (Å²) < 4.78 is 5.21. The van der Waals surface area contributed by atoms with Crippen molar-refractivity contribution in [2.24, 2.45) is 0 Å². The van der Waals surface area contributed by atoms with Gasteiger partial charge in [0.25, 0.3) is 5.91 Å². The number of halogens is 1. The zero-order valence-electron chi connectivity index (χ0n) is 10.5. The van der Waals surface area contributed by atoms with Crippen molar-refractivity contribution in [3.8, 4) is 5.75 Å². The summed E-state index contributed by atoms with van der Waals surface area (Å²) >= 11 is 3.39. The number of carbonyl (C=O) groups excluding carboxylic acids is 1. The van der Waals surface area contributed by atoms with Gasteiger partial charge in [0.1, 0.15) is 5.75 Å². The minimum absolute atomic E-state index is 0.139. The lowest BCUT2D eigenvalue weighted by atomic mass is 10.1. The maximum Gasteiger partial charge on any atom is 0.256 e. The lowest BCUT2D eigenvalue weighted by Crippen LogP contribution is -2.14. The third-order valence-corrected chi connectivity index (χ3v) is 3.37. The van der Waals surface area contributed by atoms with Gasteiger partial charge in [0.2, 0.25) is 0 Å². The molecule has 0 saturated heterocycles. The zero-order valence-corrected chi connectivity index (χ0v) is 12.1. The Hall–Kier alpha value is -1.81. The van der Waals surface area contributed by atoms with Crippen molar-refractivity contribution in [1.82, 2.24) is 0 Å². The van der Waals surface area contributed by atoms with Gasteiger partial charge in [0.05, 0.1) is 12.8 Å². The summed E-state index contributed by atoms with van der Waals surface area (Å²) in [5.74, 6) is 0.506. The third-order valence-electron chi connectivity index (χ3n) is 2.76. The molecule has 2 rings (SSSR count). The number of nitrogens with one attached hydrogen (secondary N) is 1. The third kappa shape index (κ3) is 3.15. The molecule has 0 saturated carbocycles. The molecule has 0 unspecified atom stereocenters. The monoisotopic (exact) mass is 319 g/mol. The van der Waals surface area contributed by atoms with Crippen molar-refractivity contribution in [3.63, 3.8) is 0 Å². The Kier molecular flexibility index (Phi) is 4.58. The molecule has 4 heteroatoms. The van der Waals surface area contributed by atoms with Gasteiger partial charge >= 0.3 is 0 Å². The minimum Gasteiger partial charge on any atom is -0.495 e.